The van der Waals surface area contributed by atoms with Crippen LogP contribution in [0.3, 0.4) is 0 Å². The summed E-state index contributed by atoms with van der Waals surface area (Å²) in [5.41, 5.74) is 4.61. The first-order chi connectivity index (χ1) is 14.8. The van der Waals surface area contributed by atoms with E-state index in [1.807, 2.05) is 31.4 Å². The Labute approximate surface area is 179 Å². The second-order valence-corrected chi connectivity index (χ2v) is 8.70. The Morgan fingerprint density at radius 3 is 2.29 bits per heavy atom. The Hall–Kier alpha value is -3.48. The van der Waals surface area contributed by atoms with Gasteiger partial charge in [0.1, 0.15) is 0 Å². The Kier molecular flexibility index (Phi) is 4.25. The molecule has 2 amide bonds. The van der Waals surface area contributed by atoms with Gasteiger partial charge >= 0.3 is 5.97 Å². The van der Waals surface area contributed by atoms with Crippen molar-refractivity contribution in [2.45, 2.75) is 27.2 Å². The van der Waals surface area contributed by atoms with Crippen LogP contribution in [0.4, 0.5) is 0 Å². The minimum Gasteiger partial charge on any atom is -0.478 e. The SMILES string of the molecule is Cc1cc(C(=O)O)ccc1-n1c(C)cc(C=NN2C(=O)[C@@H]3[C@H](C2=O)[C@H]2C=C[C@H]3C2)c1C. The van der Waals surface area contributed by atoms with Crippen molar-refractivity contribution in [1.82, 2.24) is 9.58 Å². The van der Waals surface area contributed by atoms with Crippen LogP contribution in [0.25, 0.3) is 5.69 Å². The average Bonchev–Trinajstić information content (AvgIpc) is 3.46. The number of aromatic nitrogens is 1. The van der Waals surface area contributed by atoms with Gasteiger partial charge in [0.15, 0.2) is 0 Å². The third kappa shape index (κ3) is 2.80. The lowest BCUT2D eigenvalue weighted by molar-refractivity contribution is -0.140. The number of rotatable bonds is 4. The van der Waals surface area contributed by atoms with E-state index in [1.165, 1.54) is 0 Å². The van der Waals surface area contributed by atoms with E-state index < -0.39 is 5.97 Å². The van der Waals surface area contributed by atoms with Crippen molar-refractivity contribution >= 4 is 24.0 Å². The van der Waals surface area contributed by atoms with Gasteiger partial charge in [0.2, 0.25) is 0 Å². The number of hydrogen-bond acceptors (Lipinski definition) is 4. The molecule has 4 atom stereocenters. The first kappa shape index (κ1) is 19.5. The molecule has 3 aliphatic rings. The summed E-state index contributed by atoms with van der Waals surface area (Å²) in [4.78, 5) is 36.9. The highest BCUT2D eigenvalue weighted by Crippen LogP contribution is 2.52. The van der Waals surface area contributed by atoms with E-state index in [-0.39, 0.29) is 41.0 Å². The van der Waals surface area contributed by atoms with E-state index in [1.54, 1.807) is 24.4 Å². The molecule has 31 heavy (non-hydrogen) atoms. The van der Waals surface area contributed by atoms with E-state index >= 15 is 0 Å². The maximum absolute atomic E-state index is 12.8. The van der Waals surface area contributed by atoms with E-state index in [4.69, 9.17) is 0 Å². The van der Waals surface area contributed by atoms with E-state index in [0.717, 1.165) is 39.6 Å². The molecular formula is C24H23N3O4. The largest absolute Gasteiger partial charge is 0.478 e. The number of carbonyl (C=O) groups is 3. The number of nitrogens with zero attached hydrogens (tertiary/aromatic N) is 3. The predicted molar refractivity (Wildman–Crippen MR) is 114 cm³/mol. The first-order valence-electron chi connectivity index (χ1n) is 10.4. The molecule has 1 aromatic carbocycles. The molecule has 1 aromatic heterocycles. The highest BCUT2D eigenvalue weighted by Gasteiger charge is 2.59. The molecule has 0 unspecified atom stereocenters. The van der Waals surface area contributed by atoms with Gasteiger partial charge in [0.05, 0.1) is 23.6 Å². The molecule has 0 spiro atoms. The summed E-state index contributed by atoms with van der Waals surface area (Å²) in [6.07, 6.45) is 6.60. The van der Waals surface area contributed by atoms with Gasteiger partial charge in [0.25, 0.3) is 11.8 Å². The molecule has 2 fully saturated rings. The second kappa shape index (κ2) is 6.77. The van der Waals surface area contributed by atoms with Crippen LogP contribution in [-0.4, -0.2) is 38.7 Å². The van der Waals surface area contributed by atoms with Crippen LogP contribution in [0.5, 0.6) is 0 Å². The summed E-state index contributed by atoms with van der Waals surface area (Å²) in [5.74, 6) is -1.56. The van der Waals surface area contributed by atoms with Crippen LogP contribution in [-0.2, 0) is 9.59 Å². The third-order valence-corrected chi connectivity index (χ3v) is 6.91. The Balaban J connectivity index is 1.44. The molecular weight excluding hydrogens is 394 g/mol. The van der Waals surface area contributed by atoms with Gasteiger partial charge < -0.3 is 9.67 Å². The average molecular weight is 417 g/mol. The van der Waals surface area contributed by atoms with E-state index in [2.05, 4.69) is 17.3 Å². The molecule has 5 rings (SSSR count). The molecule has 7 heteroatoms. The van der Waals surface area contributed by atoms with Crippen LogP contribution >= 0.6 is 0 Å². The molecule has 1 N–H and O–H groups in total. The number of aromatic carboxylic acids is 1. The van der Waals surface area contributed by atoms with E-state index in [9.17, 15) is 19.5 Å². The van der Waals surface area contributed by atoms with Crippen molar-refractivity contribution in [2.75, 3.05) is 0 Å². The quantitative estimate of drug-likeness (QED) is 0.470. The molecule has 0 radical (unpaired) electrons. The lowest BCUT2D eigenvalue weighted by Crippen LogP contribution is -2.28. The van der Waals surface area contributed by atoms with Crippen molar-refractivity contribution in [3.8, 4) is 5.69 Å². The smallest absolute Gasteiger partial charge is 0.335 e. The molecule has 1 saturated heterocycles. The summed E-state index contributed by atoms with van der Waals surface area (Å²) < 4.78 is 2.02. The Bertz CT molecular complexity index is 1180. The second-order valence-electron chi connectivity index (χ2n) is 8.70. The van der Waals surface area contributed by atoms with Crippen LogP contribution in [0.1, 0.15) is 39.3 Å². The van der Waals surface area contributed by atoms with Gasteiger partial charge in [-0.3, -0.25) is 9.59 Å². The minimum absolute atomic E-state index is 0.161. The fraction of sp³-hybridized carbons (Fsp3) is 0.333. The van der Waals surface area contributed by atoms with Gasteiger partial charge in [-0.2, -0.15) is 10.1 Å². The Morgan fingerprint density at radius 2 is 1.71 bits per heavy atom. The van der Waals surface area contributed by atoms with Crippen molar-refractivity contribution in [1.29, 1.82) is 0 Å². The summed E-state index contributed by atoms with van der Waals surface area (Å²) in [6, 6.07) is 6.96. The zero-order chi connectivity index (χ0) is 22.0. The normalized spacial score (nSPS) is 26.5. The molecule has 2 bridgehead atoms. The number of carbonyl (C=O) groups excluding carboxylic acids is 2. The number of carboxylic acids is 1. The van der Waals surface area contributed by atoms with Gasteiger partial charge in [-0.1, -0.05) is 12.2 Å². The standard InChI is InChI=1S/C24H23N3O4/c1-12-8-17(24(30)31)6-7-19(12)26-13(2)9-18(14(26)3)11-25-27-22(28)20-15-4-5-16(10-15)21(20)23(27)29/h4-9,11,15-16,20-21H,10H2,1-3H3,(H,30,31)/t15-,16-,20-,21+/m0/s1. The number of carboxylic acid groups (broad SMARTS) is 1. The number of fused-ring (bicyclic) bond motifs is 5. The lowest BCUT2D eigenvalue weighted by atomic mass is 9.85. The molecule has 2 heterocycles. The van der Waals surface area contributed by atoms with Crippen LogP contribution < -0.4 is 0 Å². The maximum atomic E-state index is 12.8. The summed E-state index contributed by atoms with van der Waals surface area (Å²) in [5, 5.41) is 14.6. The fourth-order valence-corrected chi connectivity index (χ4v) is 5.45. The molecule has 2 aromatic rings. The van der Waals surface area contributed by atoms with Crippen molar-refractivity contribution in [3.05, 3.63) is 64.5 Å². The summed E-state index contributed by atoms with van der Waals surface area (Å²) in [7, 11) is 0. The van der Waals surface area contributed by atoms with Crippen molar-refractivity contribution in [3.63, 3.8) is 0 Å². The van der Waals surface area contributed by atoms with Crippen molar-refractivity contribution < 1.29 is 19.5 Å². The number of benzene rings is 1. The predicted octanol–water partition coefficient (Wildman–Crippen LogP) is 3.24. The van der Waals surface area contributed by atoms with Gasteiger partial charge in [-0.25, -0.2) is 4.79 Å². The summed E-state index contributed by atoms with van der Waals surface area (Å²) in [6.45, 7) is 5.76. The minimum atomic E-state index is -0.961. The summed E-state index contributed by atoms with van der Waals surface area (Å²) >= 11 is 0. The number of allylic oxidation sites excluding steroid dienone is 2. The lowest BCUT2D eigenvalue weighted by Gasteiger charge is -2.13. The number of amides is 2. The van der Waals surface area contributed by atoms with Gasteiger partial charge in [-0.05, 0) is 68.9 Å². The van der Waals surface area contributed by atoms with Crippen LogP contribution in [0.2, 0.25) is 0 Å². The number of aryl methyl sites for hydroxylation is 2. The van der Waals surface area contributed by atoms with Gasteiger partial charge in [-0.15, -0.1) is 0 Å². The first-order valence-corrected chi connectivity index (χ1v) is 10.4. The fourth-order valence-electron chi connectivity index (χ4n) is 5.45. The topological polar surface area (TPSA) is 92.0 Å². The molecule has 1 aliphatic heterocycles. The molecule has 7 nitrogen and oxygen atoms in total. The van der Waals surface area contributed by atoms with Crippen molar-refractivity contribution in [2.24, 2.45) is 28.8 Å². The van der Waals surface area contributed by atoms with Gasteiger partial charge in [0, 0.05) is 22.6 Å². The third-order valence-electron chi connectivity index (χ3n) is 6.91. The maximum Gasteiger partial charge on any atom is 0.335 e. The van der Waals surface area contributed by atoms with Crippen LogP contribution in [0, 0.1) is 44.4 Å². The highest BCUT2D eigenvalue weighted by atomic mass is 16.4. The Morgan fingerprint density at radius 1 is 1.06 bits per heavy atom. The number of hydrazone groups is 1. The molecule has 1 saturated carbocycles. The highest BCUT2D eigenvalue weighted by molar-refractivity contribution is 6.06. The zero-order valence-corrected chi connectivity index (χ0v) is 17.6. The number of imide groups is 1. The number of hydrogen-bond donors (Lipinski definition) is 1. The van der Waals surface area contributed by atoms with E-state index in [0.29, 0.717) is 0 Å². The zero-order valence-electron chi connectivity index (χ0n) is 17.6. The molecule has 2 aliphatic carbocycles. The van der Waals surface area contributed by atoms with Crippen LogP contribution in [0.15, 0.2) is 41.5 Å². The monoisotopic (exact) mass is 417 g/mol. The molecule has 158 valence electrons.